The van der Waals surface area contributed by atoms with Gasteiger partial charge in [-0.05, 0) is 41.0 Å². The topological polar surface area (TPSA) is 65.1 Å². The van der Waals surface area contributed by atoms with Gasteiger partial charge in [0.25, 0.3) is 5.56 Å². The quantitative estimate of drug-likeness (QED) is 0.500. The number of fused-ring (bicyclic) bond motifs is 2. The van der Waals surface area contributed by atoms with Crippen LogP contribution in [0.15, 0.2) is 84.4 Å². The van der Waals surface area contributed by atoms with Gasteiger partial charge in [-0.25, -0.2) is 9.97 Å². The average Bonchev–Trinajstić information content (AvgIpc) is 3.18. The Hall–Kier alpha value is -3.80. The highest BCUT2D eigenvalue weighted by atomic mass is 16.1. The van der Waals surface area contributed by atoms with Crippen LogP contribution >= 0.6 is 0 Å². The zero-order valence-corrected chi connectivity index (χ0v) is 14.4. The SMILES string of the molecule is O=c1cnc2ccncc2n1Cc1cccc(-c2ccc3nccn3c2)c1. The van der Waals surface area contributed by atoms with Gasteiger partial charge in [-0.3, -0.25) is 14.3 Å². The molecule has 6 heteroatoms. The minimum atomic E-state index is -0.138. The number of benzene rings is 1. The summed E-state index contributed by atoms with van der Waals surface area (Å²) in [6.45, 7) is 0.463. The predicted molar refractivity (Wildman–Crippen MR) is 104 cm³/mol. The fraction of sp³-hybridized carbons (Fsp3) is 0.0476. The molecular weight excluding hydrogens is 338 g/mol. The lowest BCUT2D eigenvalue weighted by atomic mass is 10.0. The van der Waals surface area contributed by atoms with Gasteiger partial charge in [0.1, 0.15) is 5.65 Å². The van der Waals surface area contributed by atoms with Crippen molar-refractivity contribution in [1.29, 1.82) is 0 Å². The van der Waals surface area contributed by atoms with E-state index in [4.69, 9.17) is 0 Å². The Balaban J connectivity index is 1.57. The van der Waals surface area contributed by atoms with Crippen LogP contribution in [0.5, 0.6) is 0 Å². The molecule has 1 aromatic carbocycles. The molecule has 5 rings (SSSR count). The first kappa shape index (κ1) is 15.5. The molecule has 0 saturated carbocycles. The predicted octanol–water partition coefficient (Wildman–Crippen LogP) is 3.15. The van der Waals surface area contributed by atoms with Crippen LogP contribution in [0.1, 0.15) is 5.56 Å². The van der Waals surface area contributed by atoms with Gasteiger partial charge >= 0.3 is 0 Å². The molecule has 0 atom stereocenters. The summed E-state index contributed by atoms with van der Waals surface area (Å²) in [4.78, 5) is 25.0. The largest absolute Gasteiger partial charge is 0.306 e. The molecule has 0 unspecified atom stereocenters. The van der Waals surface area contributed by atoms with Crippen molar-refractivity contribution in [2.24, 2.45) is 0 Å². The summed E-state index contributed by atoms with van der Waals surface area (Å²) in [5.74, 6) is 0. The Kier molecular flexibility index (Phi) is 3.53. The number of pyridine rings is 2. The molecule has 0 radical (unpaired) electrons. The van der Waals surface area contributed by atoms with Crippen LogP contribution < -0.4 is 5.56 Å². The highest BCUT2D eigenvalue weighted by Gasteiger charge is 2.07. The van der Waals surface area contributed by atoms with E-state index < -0.39 is 0 Å². The van der Waals surface area contributed by atoms with Crippen LogP contribution in [0.25, 0.3) is 27.8 Å². The van der Waals surface area contributed by atoms with E-state index in [1.807, 2.05) is 34.9 Å². The standard InChI is InChI=1S/C21H15N5O/c27-21-12-24-18-6-7-22-11-19(18)26(21)13-15-2-1-3-16(10-15)17-4-5-20-23-8-9-25(20)14-17/h1-12,14H,13H2. The van der Waals surface area contributed by atoms with Gasteiger partial charge in [0.15, 0.2) is 0 Å². The van der Waals surface area contributed by atoms with Crippen molar-refractivity contribution in [2.45, 2.75) is 6.54 Å². The highest BCUT2D eigenvalue weighted by molar-refractivity contribution is 5.73. The number of imidazole rings is 1. The third-order valence-electron chi connectivity index (χ3n) is 4.64. The molecule has 5 aromatic rings. The molecule has 0 aliphatic rings. The summed E-state index contributed by atoms with van der Waals surface area (Å²) in [7, 11) is 0. The minimum Gasteiger partial charge on any atom is -0.306 e. The molecule has 0 bridgehead atoms. The molecule has 0 spiro atoms. The van der Waals surface area contributed by atoms with E-state index in [-0.39, 0.29) is 5.56 Å². The van der Waals surface area contributed by atoms with Crippen LogP contribution in [-0.2, 0) is 6.54 Å². The van der Waals surface area contributed by atoms with Crippen LogP contribution in [0, 0.1) is 0 Å². The third kappa shape index (κ3) is 2.77. The fourth-order valence-electron chi connectivity index (χ4n) is 3.29. The fourth-order valence-corrected chi connectivity index (χ4v) is 3.29. The molecule has 6 nitrogen and oxygen atoms in total. The van der Waals surface area contributed by atoms with Crippen LogP contribution in [-0.4, -0.2) is 23.9 Å². The van der Waals surface area contributed by atoms with E-state index in [9.17, 15) is 4.79 Å². The zero-order valence-electron chi connectivity index (χ0n) is 14.4. The zero-order chi connectivity index (χ0) is 18.2. The van der Waals surface area contributed by atoms with Gasteiger partial charge in [0.2, 0.25) is 0 Å². The Bertz CT molecular complexity index is 1340. The number of nitrogens with zero attached hydrogens (tertiary/aromatic N) is 5. The summed E-state index contributed by atoms with van der Waals surface area (Å²) < 4.78 is 3.70. The maximum absolute atomic E-state index is 12.4. The van der Waals surface area contributed by atoms with Crippen LogP contribution in [0.4, 0.5) is 0 Å². The van der Waals surface area contributed by atoms with Crippen molar-refractivity contribution in [2.75, 3.05) is 0 Å². The minimum absolute atomic E-state index is 0.138. The van der Waals surface area contributed by atoms with Crippen LogP contribution in [0.3, 0.4) is 0 Å². The molecule has 0 fully saturated rings. The van der Waals surface area contributed by atoms with Crippen molar-refractivity contribution in [1.82, 2.24) is 23.9 Å². The first-order valence-corrected chi connectivity index (χ1v) is 8.59. The van der Waals surface area contributed by atoms with E-state index >= 15 is 0 Å². The second-order valence-corrected chi connectivity index (χ2v) is 6.36. The monoisotopic (exact) mass is 353 g/mol. The molecule has 27 heavy (non-hydrogen) atoms. The van der Waals surface area contributed by atoms with Crippen molar-refractivity contribution >= 4 is 16.7 Å². The Morgan fingerprint density at radius 2 is 1.89 bits per heavy atom. The Morgan fingerprint density at radius 1 is 0.926 bits per heavy atom. The molecule has 4 heterocycles. The molecule has 0 saturated heterocycles. The molecule has 0 amide bonds. The van der Waals surface area contributed by atoms with Gasteiger partial charge in [0.05, 0.1) is 30.0 Å². The lowest BCUT2D eigenvalue weighted by Gasteiger charge is -2.11. The lowest BCUT2D eigenvalue weighted by molar-refractivity contribution is 0.785. The lowest BCUT2D eigenvalue weighted by Crippen LogP contribution is -2.21. The number of rotatable bonds is 3. The Labute approximate surface area is 154 Å². The Morgan fingerprint density at radius 3 is 2.85 bits per heavy atom. The first-order chi connectivity index (χ1) is 13.3. The summed E-state index contributed by atoms with van der Waals surface area (Å²) in [5.41, 5.74) is 5.49. The van der Waals surface area contributed by atoms with E-state index in [1.165, 1.54) is 6.20 Å². The normalized spacial score (nSPS) is 11.3. The van der Waals surface area contributed by atoms with Gasteiger partial charge in [-0.1, -0.05) is 18.2 Å². The summed E-state index contributed by atoms with van der Waals surface area (Å²) in [6.07, 6.45) is 10.5. The number of hydrogen-bond donors (Lipinski definition) is 0. The van der Waals surface area contributed by atoms with E-state index in [2.05, 4.69) is 39.3 Å². The second-order valence-electron chi connectivity index (χ2n) is 6.36. The van der Waals surface area contributed by atoms with Crippen molar-refractivity contribution in [3.8, 4) is 11.1 Å². The molecule has 4 aromatic heterocycles. The maximum Gasteiger partial charge on any atom is 0.269 e. The van der Waals surface area contributed by atoms with E-state index in [1.54, 1.807) is 23.2 Å². The summed E-state index contributed by atoms with van der Waals surface area (Å²) in [6, 6.07) is 14.1. The van der Waals surface area contributed by atoms with E-state index in [0.29, 0.717) is 6.54 Å². The first-order valence-electron chi connectivity index (χ1n) is 8.59. The molecular formula is C21H15N5O. The second kappa shape index (κ2) is 6.17. The van der Waals surface area contributed by atoms with Crippen LogP contribution in [0.2, 0.25) is 0 Å². The molecule has 130 valence electrons. The highest BCUT2D eigenvalue weighted by Crippen LogP contribution is 2.22. The summed E-state index contributed by atoms with van der Waals surface area (Å²) >= 11 is 0. The van der Waals surface area contributed by atoms with Crippen molar-refractivity contribution in [3.63, 3.8) is 0 Å². The van der Waals surface area contributed by atoms with Gasteiger partial charge < -0.3 is 4.40 Å². The van der Waals surface area contributed by atoms with Gasteiger partial charge in [-0.2, -0.15) is 0 Å². The third-order valence-corrected chi connectivity index (χ3v) is 4.64. The molecule has 0 aliphatic carbocycles. The number of aromatic nitrogens is 5. The van der Waals surface area contributed by atoms with Gasteiger partial charge in [0, 0.05) is 24.8 Å². The van der Waals surface area contributed by atoms with Gasteiger partial charge in [-0.15, -0.1) is 0 Å². The molecule has 0 N–H and O–H groups in total. The number of hydrogen-bond acceptors (Lipinski definition) is 4. The van der Waals surface area contributed by atoms with Crippen molar-refractivity contribution < 1.29 is 0 Å². The average molecular weight is 353 g/mol. The van der Waals surface area contributed by atoms with Crippen molar-refractivity contribution in [3.05, 3.63) is 95.6 Å². The molecule has 0 aliphatic heterocycles. The summed E-state index contributed by atoms with van der Waals surface area (Å²) in [5, 5.41) is 0. The van der Waals surface area contributed by atoms with E-state index in [0.717, 1.165) is 33.4 Å². The maximum atomic E-state index is 12.4. The smallest absolute Gasteiger partial charge is 0.269 e.